The van der Waals surface area contributed by atoms with Gasteiger partial charge in [-0.05, 0) is 56.5 Å². The summed E-state index contributed by atoms with van der Waals surface area (Å²) < 4.78 is 1.17. The maximum Gasteiger partial charge on any atom is 0.0417 e. The van der Waals surface area contributed by atoms with Gasteiger partial charge in [-0.3, -0.25) is 0 Å². The van der Waals surface area contributed by atoms with Gasteiger partial charge in [0.05, 0.1) is 0 Å². The molecule has 0 aromatic heterocycles. The van der Waals surface area contributed by atoms with Gasteiger partial charge in [0, 0.05) is 28.8 Å². The van der Waals surface area contributed by atoms with Crippen molar-refractivity contribution in [2.45, 2.75) is 65.0 Å². The Morgan fingerprint density at radius 2 is 2.10 bits per heavy atom. The summed E-state index contributed by atoms with van der Waals surface area (Å²) in [7, 11) is 0. The van der Waals surface area contributed by atoms with Gasteiger partial charge in [-0.25, -0.2) is 0 Å². The first-order valence-corrected chi connectivity index (χ1v) is 9.26. The van der Waals surface area contributed by atoms with Crippen LogP contribution in [0.15, 0.2) is 22.7 Å². The molecule has 0 saturated carbocycles. The molecule has 0 amide bonds. The van der Waals surface area contributed by atoms with Crippen molar-refractivity contribution in [2.24, 2.45) is 0 Å². The standard InChI is InChI=1S/C18H29BrN2/c1-4-16-9-7-6-8-12-21(16)18-11-10-15(19)13-17(18)14(3)20-5-2/h10-11,13-14,16,20H,4-9,12H2,1-3H3. The molecule has 118 valence electrons. The second-order valence-electron chi connectivity index (χ2n) is 6.09. The van der Waals surface area contributed by atoms with Crippen LogP contribution in [0.3, 0.4) is 0 Å². The highest BCUT2D eigenvalue weighted by Crippen LogP contribution is 2.33. The van der Waals surface area contributed by atoms with Crippen molar-refractivity contribution in [1.82, 2.24) is 5.32 Å². The molecule has 0 bridgehead atoms. The van der Waals surface area contributed by atoms with Crippen molar-refractivity contribution in [3.05, 3.63) is 28.2 Å². The van der Waals surface area contributed by atoms with E-state index in [0.717, 1.165) is 6.54 Å². The largest absolute Gasteiger partial charge is 0.368 e. The average molecular weight is 353 g/mol. The van der Waals surface area contributed by atoms with E-state index < -0.39 is 0 Å². The van der Waals surface area contributed by atoms with Crippen LogP contribution in [0.4, 0.5) is 5.69 Å². The van der Waals surface area contributed by atoms with Crippen LogP contribution in [0.25, 0.3) is 0 Å². The summed E-state index contributed by atoms with van der Waals surface area (Å²) in [5.74, 6) is 0. The molecule has 2 atom stereocenters. The van der Waals surface area contributed by atoms with E-state index in [1.54, 1.807) is 0 Å². The summed E-state index contributed by atoms with van der Waals surface area (Å²) in [6.45, 7) is 8.98. The van der Waals surface area contributed by atoms with Crippen LogP contribution in [-0.2, 0) is 0 Å². The second-order valence-corrected chi connectivity index (χ2v) is 7.00. The average Bonchev–Trinajstić information content (AvgIpc) is 2.72. The van der Waals surface area contributed by atoms with Crippen molar-refractivity contribution in [1.29, 1.82) is 0 Å². The van der Waals surface area contributed by atoms with Gasteiger partial charge in [0.25, 0.3) is 0 Å². The molecule has 1 heterocycles. The van der Waals surface area contributed by atoms with Crippen LogP contribution in [0.1, 0.15) is 64.5 Å². The van der Waals surface area contributed by atoms with Crippen LogP contribution in [-0.4, -0.2) is 19.1 Å². The molecule has 1 aliphatic heterocycles. The van der Waals surface area contributed by atoms with Gasteiger partial charge in [-0.1, -0.05) is 42.6 Å². The van der Waals surface area contributed by atoms with Gasteiger partial charge < -0.3 is 10.2 Å². The molecule has 0 radical (unpaired) electrons. The van der Waals surface area contributed by atoms with E-state index in [-0.39, 0.29) is 0 Å². The predicted octanol–water partition coefficient (Wildman–Crippen LogP) is 5.28. The Labute approximate surface area is 138 Å². The van der Waals surface area contributed by atoms with Gasteiger partial charge in [-0.2, -0.15) is 0 Å². The van der Waals surface area contributed by atoms with Crippen LogP contribution in [0.5, 0.6) is 0 Å². The number of rotatable bonds is 5. The number of anilines is 1. The first-order valence-electron chi connectivity index (χ1n) is 8.46. The fraction of sp³-hybridized carbons (Fsp3) is 0.667. The molecule has 3 heteroatoms. The Morgan fingerprint density at radius 3 is 2.81 bits per heavy atom. The van der Waals surface area contributed by atoms with Crippen LogP contribution in [0, 0.1) is 0 Å². The number of hydrogen-bond donors (Lipinski definition) is 1. The topological polar surface area (TPSA) is 15.3 Å². The summed E-state index contributed by atoms with van der Waals surface area (Å²) in [6.07, 6.45) is 6.65. The fourth-order valence-electron chi connectivity index (χ4n) is 3.47. The molecule has 1 N–H and O–H groups in total. The molecule has 0 aliphatic carbocycles. The molecule has 2 nitrogen and oxygen atoms in total. The zero-order chi connectivity index (χ0) is 15.2. The Morgan fingerprint density at radius 1 is 1.29 bits per heavy atom. The first kappa shape index (κ1) is 16.8. The molecule has 21 heavy (non-hydrogen) atoms. The molecular weight excluding hydrogens is 324 g/mol. The fourth-order valence-corrected chi connectivity index (χ4v) is 3.85. The summed E-state index contributed by atoms with van der Waals surface area (Å²) in [6, 6.07) is 7.88. The minimum atomic E-state index is 0.392. The van der Waals surface area contributed by atoms with Crippen molar-refractivity contribution < 1.29 is 0 Å². The Kier molecular flexibility index (Phi) is 6.56. The van der Waals surface area contributed by atoms with E-state index in [2.05, 4.69) is 65.1 Å². The quantitative estimate of drug-likeness (QED) is 0.775. The van der Waals surface area contributed by atoms with E-state index in [0.29, 0.717) is 12.1 Å². The number of nitrogens with zero attached hydrogens (tertiary/aromatic N) is 1. The number of benzene rings is 1. The third-order valence-corrected chi connectivity index (χ3v) is 5.12. The van der Waals surface area contributed by atoms with Gasteiger partial charge >= 0.3 is 0 Å². The van der Waals surface area contributed by atoms with E-state index >= 15 is 0 Å². The Balaban J connectivity index is 2.35. The number of hydrogen-bond acceptors (Lipinski definition) is 2. The molecule has 1 saturated heterocycles. The normalized spacial score (nSPS) is 21.1. The van der Waals surface area contributed by atoms with Gasteiger partial charge in [-0.15, -0.1) is 0 Å². The zero-order valence-corrected chi connectivity index (χ0v) is 15.2. The zero-order valence-electron chi connectivity index (χ0n) is 13.7. The predicted molar refractivity (Wildman–Crippen MR) is 96.1 cm³/mol. The maximum atomic E-state index is 3.64. The van der Waals surface area contributed by atoms with Gasteiger partial charge in [0.15, 0.2) is 0 Å². The minimum Gasteiger partial charge on any atom is -0.368 e. The third kappa shape index (κ3) is 4.23. The lowest BCUT2D eigenvalue weighted by Gasteiger charge is -2.34. The highest BCUT2D eigenvalue weighted by Gasteiger charge is 2.23. The molecule has 2 rings (SSSR count). The van der Waals surface area contributed by atoms with Crippen molar-refractivity contribution in [2.75, 3.05) is 18.0 Å². The highest BCUT2D eigenvalue weighted by molar-refractivity contribution is 9.10. The van der Waals surface area contributed by atoms with E-state index in [4.69, 9.17) is 0 Å². The van der Waals surface area contributed by atoms with Gasteiger partial charge in [0.1, 0.15) is 0 Å². The smallest absolute Gasteiger partial charge is 0.0417 e. The van der Waals surface area contributed by atoms with E-state index in [1.807, 2.05) is 0 Å². The molecular formula is C18H29BrN2. The highest BCUT2D eigenvalue weighted by atomic mass is 79.9. The SMILES string of the molecule is CCNC(C)c1cc(Br)ccc1N1CCCCCC1CC. The Hall–Kier alpha value is -0.540. The van der Waals surface area contributed by atoms with Crippen molar-refractivity contribution >= 4 is 21.6 Å². The first-order chi connectivity index (χ1) is 10.2. The summed E-state index contributed by atoms with van der Waals surface area (Å²) in [4.78, 5) is 2.67. The number of halogens is 1. The van der Waals surface area contributed by atoms with Crippen molar-refractivity contribution in [3.8, 4) is 0 Å². The van der Waals surface area contributed by atoms with Crippen LogP contribution < -0.4 is 10.2 Å². The maximum absolute atomic E-state index is 3.64. The van der Waals surface area contributed by atoms with E-state index in [1.165, 1.54) is 54.4 Å². The molecule has 2 unspecified atom stereocenters. The molecule has 1 fully saturated rings. The number of nitrogens with one attached hydrogen (secondary N) is 1. The molecule has 1 aromatic rings. The lowest BCUT2D eigenvalue weighted by molar-refractivity contribution is 0.546. The Bertz CT molecular complexity index is 447. The third-order valence-electron chi connectivity index (χ3n) is 4.62. The molecule has 1 aromatic carbocycles. The minimum absolute atomic E-state index is 0.392. The molecule has 1 aliphatic rings. The molecule has 0 spiro atoms. The van der Waals surface area contributed by atoms with Crippen molar-refractivity contribution in [3.63, 3.8) is 0 Å². The lowest BCUT2D eigenvalue weighted by atomic mass is 10.0. The van der Waals surface area contributed by atoms with Crippen LogP contribution in [0.2, 0.25) is 0 Å². The summed E-state index contributed by atoms with van der Waals surface area (Å²) in [5, 5.41) is 3.57. The second kappa shape index (κ2) is 8.19. The summed E-state index contributed by atoms with van der Waals surface area (Å²) >= 11 is 3.64. The summed E-state index contributed by atoms with van der Waals surface area (Å²) in [5.41, 5.74) is 2.85. The lowest BCUT2D eigenvalue weighted by Crippen LogP contribution is -2.36. The van der Waals surface area contributed by atoms with Gasteiger partial charge in [0.2, 0.25) is 0 Å². The van der Waals surface area contributed by atoms with E-state index in [9.17, 15) is 0 Å². The van der Waals surface area contributed by atoms with Crippen LogP contribution >= 0.6 is 15.9 Å². The monoisotopic (exact) mass is 352 g/mol.